The van der Waals surface area contributed by atoms with Crippen LogP contribution in [0.2, 0.25) is 0 Å². The largest absolute Gasteiger partial charge is 0.421 e. The zero-order valence-corrected chi connectivity index (χ0v) is 13.5. The highest BCUT2D eigenvalue weighted by Crippen LogP contribution is 2.18. The molecule has 0 saturated heterocycles. The number of unbranched alkanes of at least 4 members (excludes halogenated alkanes) is 1. The fourth-order valence-corrected chi connectivity index (χ4v) is 2.09. The maximum Gasteiger partial charge on any atom is 0.247 e. The Hall–Kier alpha value is -2.17. The van der Waals surface area contributed by atoms with E-state index in [0.717, 1.165) is 24.9 Å². The first-order valence-electron chi connectivity index (χ1n) is 7.73. The zero-order chi connectivity index (χ0) is 15.9. The van der Waals surface area contributed by atoms with Crippen LogP contribution in [-0.4, -0.2) is 34.6 Å². The maximum absolute atomic E-state index is 12.0. The van der Waals surface area contributed by atoms with Crippen molar-refractivity contribution in [1.82, 2.24) is 15.1 Å². The van der Waals surface area contributed by atoms with E-state index in [2.05, 4.69) is 17.1 Å². The third-order valence-corrected chi connectivity index (χ3v) is 3.59. The van der Waals surface area contributed by atoms with E-state index in [0.29, 0.717) is 24.6 Å². The smallest absolute Gasteiger partial charge is 0.247 e. The number of hydrogen-bond donors (Lipinski definition) is 0. The summed E-state index contributed by atoms with van der Waals surface area (Å²) in [6.45, 7) is 4.95. The highest BCUT2D eigenvalue weighted by molar-refractivity contribution is 5.75. The Morgan fingerprint density at radius 1 is 1.23 bits per heavy atom. The van der Waals surface area contributed by atoms with E-state index in [-0.39, 0.29) is 5.91 Å². The summed E-state index contributed by atoms with van der Waals surface area (Å²) in [5.41, 5.74) is 2.08. The van der Waals surface area contributed by atoms with Crippen LogP contribution in [0.5, 0.6) is 0 Å². The molecule has 0 bridgehead atoms. The normalized spacial score (nSPS) is 10.7. The summed E-state index contributed by atoms with van der Waals surface area (Å²) in [6, 6.07) is 7.92. The Morgan fingerprint density at radius 3 is 2.64 bits per heavy atom. The molecule has 0 N–H and O–H groups in total. The minimum atomic E-state index is 0.114. The highest BCUT2D eigenvalue weighted by Gasteiger charge is 2.12. The Kier molecular flexibility index (Phi) is 5.69. The van der Waals surface area contributed by atoms with Crippen LogP contribution < -0.4 is 0 Å². The third kappa shape index (κ3) is 4.41. The molecule has 118 valence electrons. The molecular formula is C17H23N3O2. The van der Waals surface area contributed by atoms with Gasteiger partial charge in [0.1, 0.15) is 0 Å². The lowest BCUT2D eigenvalue weighted by molar-refractivity contribution is -0.130. The number of carbonyl (C=O) groups excluding carboxylic acids is 1. The zero-order valence-electron chi connectivity index (χ0n) is 13.5. The van der Waals surface area contributed by atoms with Gasteiger partial charge in [0.15, 0.2) is 0 Å². The van der Waals surface area contributed by atoms with Crippen molar-refractivity contribution in [3.63, 3.8) is 0 Å². The minimum Gasteiger partial charge on any atom is -0.421 e. The molecule has 0 spiro atoms. The second-order valence-corrected chi connectivity index (χ2v) is 5.54. The molecule has 1 amide bonds. The molecule has 2 aromatic rings. The number of rotatable bonds is 7. The number of nitrogens with zero attached hydrogens (tertiary/aromatic N) is 3. The topological polar surface area (TPSA) is 59.2 Å². The SMILES string of the molecule is CCCCN(C)C(=O)CCc1nnc(-c2ccc(C)cc2)o1. The number of amides is 1. The van der Waals surface area contributed by atoms with Gasteiger partial charge >= 0.3 is 0 Å². The molecule has 0 aliphatic heterocycles. The molecule has 1 aromatic heterocycles. The summed E-state index contributed by atoms with van der Waals surface area (Å²) < 4.78 is 5.63. The minimum absolute atomic E-state index is 0.114. The van der Waals surface area contributed by atoms with Gasteiger partial charge in [0, 0.05) is 32.0 Å². The van der Waals surface area contributed by atoms with Gasteiger partial charge in [0.05, 0.1) is 0 Å². The number of aromatic nitrogens is 2. The maximum atomic E-state index is 12.0. The van der Waals surface area contributed by atoms with E-state index in [1.807, 2.05) is 38.2 Å². The molecule has 22 heavy (non-hydrogen) atoms. The van der Waals surface area contributed by atoms with Crippen molar-refractivity contribution in [2.24, 2.45) is 0 Å². The van der Waals surface area contributed by atoms with Crippen molar-refractivity contribution in [2.45, 2.75) is 39.5 Å². The van der Waals surface area contributed by atoms with Gasteiger partial charge in [-0.1, -0.05) is 31.0 Å². The summed E-state index contributed by atoms with van der Waals surface area (Å²) in [5.74, 6) is 1.12. The van der Waals surface area contributed by atoms with Crippen LogP contribution in [0, 0.1) is 6.92 Å². The predicted octanol–water partition coefficient (Wildman–Crippen LogP) is 3.24. The molecule has 0 saturated carbocycles. The third-order valence-electron chi connectivity index (χ3n) is 3.59. The molecular weight excluding hydrogens is 278 g/mol. The number of carbonyl (C=O) groups is 1. The molecule has 1 aromatic carbocycles. The van der Waals surface area contributed by atoms with Crippen LogP contribution in [0.15, 0.2) is 28.7 Å². The van der Waals surface area contributed by atoms with Crippen molar-refractivity contribution >= 4 is 5.91 Å². The molecule has 5 nitrogen and oxygen atoms in total. The first-order valence-corrected chi connectivity index (χ1v) is 7.73. The van der Waals surface area contributed by atoms with Gasteiger partial charge in [-0.15, -0.1) is 10.2 Å². The van der Waals surface area contributed by atoms with Crippen molar-refractivity contribution in [3.8, 4) is 11.5 Å². The van der Waals surface area contributed by atoms with Gasteiger partial charge in [-0.3, -0.25) is 4.79 Å². The second-order valence-electron chi connectivity index (χ2n) is 5.54. The van der Waals surface area contributed by atoms with Crippen molar-refractivity contribution in [2.75, 3.05) is 13.6 Å². The van der Waals surface area contributed by atoms with Crippen molar-refractivity contribution in [1.29, 1.82) is 0 Å². The molecule has 5 heteroatoms. The van der Waals surface area contributed by atoms with E-state index in [1.165, 1.54) is 5.56 Å². The van der Waals surface area contributed by atoms with Crippen molar-refractivity contribution in [3.05, 3.63) is 35.7 Å². The molecule has 0 fully saturated rings. The lowest BCUT2D eigenvalue weighted by Gasteiger charge is -2.15. The van der Waals surface area contributed by atoms with Gasteiger partial charge in [-0.25, -0.2) is 0 Å². The lowest BCUT2D eigenvalue weighted by atomic mass is 10.1. The standard InChI is InChI=1S/C17H23N3O2/c1-4-5-12-20(3)16(21)11-10-15-18-19-17(22-15)14-8-6-13(2)7-9-14/h6-9H,4-5,10-12H2,1-3H3. The van der Waals surface area contributed by atoms with E-state index in [1.54, 1.807) is 4.90 Å². The molecule has 0 radical (unpaired) electrons. The van der Waals surface area contributed by atoms with Gasteiger partial charge in [-0.2, -0.15) is 0 Å². The average Bonchev–Trinajstić information content (AvgIpc) is 2.99. The first kappa shape index (κ1) is 16.2. The number of benzene rings is 1. The van der Waals surface area contributed by atoms with Crippen LogP contribution in [-0.2, 0) is 11.2 Å². The quantitative estimate of drug-likeness (QED) is 0.787. The van der Waals surface area contributed by atoms with Gasteiger partial charge in [0.2, 0.25) is 17.7 Å². The Bertz CT molecular complexity index is 605. The summed E-state index contributed by atoms with van der Waals surface area (Å²) >= 11 is 0. The number of aryl methyl sites for hydroxylation is 2. The molecule has 2 rings (SSSR count). The van der Waals surface area contributed by atoms with Crippen LogP contribution in [0.25, 0.3) is 11.5 Å². The molecule has 0 aliphatic rings. The summed E-state index contributed by atoms with van der Waals surface area (Å²) in [7, 11) is 1.84. The van der Waals surface area contributed by atoms with E-state index >= 15 is 0 Å². The van der Waals surface area contributed by atoms with E-state index in [4.69, 9.17) is 4.42 Å². The lowest BCUT2D eigenvalue weighted by Crippen LogP contribution is -2.27. The summed E-state index contributed by atoms with van der Waals surface area (Å²) in [4.78, 5) is 13.7. The summed E-state index contributed by atoms with van der Waals surface area (Å²) in [6.07, 6.45) is 2.99. The molecule has 1 heterocycles. The van der Waals surface area contributed by atoms with Crippen molar-refractivity contribution < 1.29 is 9.21 Å². The van der Waals surface area contributed by atoms with Crippen LogP contribution in [0.4, 0.5) is 0 Å². The summed E-state index contributed by atoms with van der Waals surface area (Å²) in [5, 5.41) is 8.07. The Morgan fingerprint density at radius 2 is 1.95 bits per heavy atom. The first-order chi connectivity index (χ1) is 10.6. The van der Waals surface area contributed by atoms with E-state index < -0.39 is 0 Å². The van der Waals surface area contributed by atoms with Crippen LogP contribution in [0.1, 0.15) is 37.6 Å². The fraction of sp³-hybridized carbons (Fsp3) is 0.471. The fourth-order valence-electron chi connectivity index (χ4n) is 2.09. The Labute approximate surface area is 131 Å². The van der Waals surface area contributed by atoms with E-state index in [9.17, 15) is 4.79 Å². The van der Waals surface area contributed by atoms with Gasteiger partial charge in [-0.05, 0) is 25.5 Å². The highest BCUT2D eigenvalue weighted by atomic mass is 16.4. The number of hydrogen-bond acceptors (Lipinski definition) is 4. The second kappa shape index (κ2) is 7.73. The van der Waals surface area contributed by atoms with Gasteiger partial charge in [0.25, 0.3) is 0 Å². The predicted molar refractivity (Wildman–Crippen MR) is 85.3 cm³/mol. The molecule has 0 atom stereocenters. The molecule has 0 aliphatic carbocycles. The van der Waals surface area contributed by atoms with Gasteiger partial charge < -0.3 is 9.32 Å². The monoisotopic (exact) mass is 301 g/mol. The van der Waals surface area contributed by atoms with Crippen LogP contribution >= 0.6 is 0 Å². The van der Waals surface area contributed by atoms with Crippen LogP contribution in [0.3, 0.4) is 0 Å². The Balaban J connectivity index is 1.89. The molecule has 0 unspecified atom stereocenters. The average molecular weight is 301 g/mol.